The SMILES string of the molecule is CC(C)(C)c1ccc(-c2nnn(-c3ccccc3)c2N)cc1. The van der Waals surface area contributed by atoms with E-state index in [2.05, 4.69) is 55.3 Å². The second-order valence-electron chi connectivity index (χ2n) is 6.40. The van der Waals surface area contributed by atoms with Crippen LogP contribution in [-0.4, -0.2) is 15.0 Å². The van der Waals surface area contributed by atoms with Crippen molar-refractivity contribution in [2.45, 2.75) is 26.2 Å². The van der Waals surface area contributed by atoms with E-state index in [0.717, 1.165) is 11.3 Å². The Morgan fingerprint density at radius 1 is 0.909 bits per heavy atom. The summed E-state index contributed by atoms with van der Waals surface area (Å²) in [6.07, 6.45) is 0. The molecule has 0 fully saturated rings. The lowest BCUT2D eigenvalue weighted by atomic mass is 9.86. The Morgan fingerprint density at radius 2 is 1.55 bits per heavy atom. The number of benzene rings is 2. The third-order valence-electron chi connectivity index (χ3n) is 3.73. The van der Waals surface area contributed by atoms with E-state index in [0.29, 0.717) is 11.5 Å². The molecule has 22 heavy (non-hydrogen) atoms. The molecule has 0 unspecified atom stereocenters. The van der Waals surface area contributed by atoms with Gasteiger partial charge in [0.2, 0.25) is 0 Å². The third kappa shape index (κ3) is 2.60. The molecular weight excluding hydrogens is 272 g/mol. The van der Waals surface area contributed by atoms with E-state index in [9.17, 15) is 0 Å². The molecule has 3 aromatic rings. The minimum absolute atomic E-state index is 0.131. The van der Waals surface area contributed by atoms with E-state index >= 15 is 0 Å². The van der Waals surface area contributed by atoms with Crippen LogP contribution in [0.1, 0.15) is 26.3 Å². The van der Waals surface area contributed by atoms with Crippen molar-refractivity contribution in [2.24, 2.45) is 0 Å². The van der Waals surface area contributed by atoms with Gasteiger partial charge in [-0.3, -0.25) is 0 Å². The van der Waals surface area contributed by atoms with Crippen LogP contribution in [-0.2, 0) is 5.41 Å². The quantitative estimate of drug-likeness (QED) is 0.781. The van der Waals surface area contributed by atoms with Gasteiger partial charge in [0.1, 0.15) is 5.69 Å². The largest absolute Gasteiger partial charge is 0.382 e. The number of nitrogens with two attached hydrogens (primary N) is 1. The molecule has 4 heteroatoms. The monoisotopic (exact) mass is 292 g/mol. The molecule has 0 aliphatic carbocycles. The number of hydrogen-bond acceptors (Lipinski definition) is 3. The summed E-state index contributed by atoms with van der Waals surface area (Å²) < 4.78 is 1.66. The predicted octanol–water partition coefficient (Wildman–Crippen LogP) is 3.81. The van der Waals surface area contributed by atoms with Gasteiger partial charge in [-0.25, -0.2) is 0 Å². The molecule has 112 valence electrons. The number of nitrogens with zero attached hydrogens (tertiary/aromatic N) is 3. The zero-order valence-corrected chi connectivity index (χ0v) is 13.1. The second kappa shape index (κ2) is 5.30. The van der Waals surface area contributed by atoms with Crippen molar-refractivity contribution < 1.29 is 0 Å². The summed E-state index contributed by atoms with van der Waals surface area (Å²) in [7, 11) is 0. The lowest BCUT2D eigenvalue weighted by molar-refractivity contribution is 0.590. The highest BCUT2D eigenvalue weighted by Crippen LogP contribution is 2.28. The number of aromatic nitrogens is 3. The van der Waals surface area contributed by atoms with Crippen molar-refractivity contribution in [3.05, 3.63) is 60.2 Å². The van der Waals surface area contributed by atoms with Gasteiger partial charge in [0, 0.05) is 5.56 Å². The van der Waals surface area contributed by atoms with Gasteiger partial charge >= 0.3 is 0 Å². The Morgan fingerprint density at radius 3 is 2.14 bits per heavy atom. The normalized spacial score (nSPS) is 11.6. The fraction of sp³-hybridized carbons (Fsp3) is 0.222. The van der Waals surface area contributed by atoms with Crippen LogP contribution in [0.25, 0.3) is 16.9 Å². The maximum atomic E-state index is 6.23. The van der Waals surface area contributed by atoms with Crippen LogP contribution in [0.4, 0.5) is 5.82 Å². The van der Waals surface area contributed by atoms with Gasteiger partial charge in [-0.1, -0.05) is 68.4 Å². The van der Waals surface area contributed by atoms with Crippen molar-refractivity contribution in [3.8, 4) is 16.9 Å². The van der Waals surface area contributed by atoms with Gasteiger partial charge in [0.25, 0.3) is 0 Å². The molecule has 2 N–H and O–H groups in total. The molecule has 0 aliphatic rings. The number of nitrogen functional groups attached to an aromatic ring is 1. The van der Waals surface area contributed by atoms with Crippen LogP contribution in [0, 0.1) is 0 Å². The molecule has 0 saturated carbocycles. The van der Waals surface area contributed by atoms with Crippen molar-refractivity contribution in [2.75, 3.05) is 5.73 Å². The molecule has 1 heterocycles. The maximum Gasteiger partial charge on any atom is 0.155 e. The molecule has 0 saturated heterocycles. The smallest absolute Gasteiger partial charge is 0.155 e. The van der Waals surface area contributed by atoms with Gasteiger partial charge in [-0.15, -0.1) is 5.10 Å². The third-order valence-corrected chi connectivity index (χ3v) is 3.73. The van der Waals surface area contributed by atoms with E-state index in [1.54, 1.807) is 4.68 Å². The Hall–Kier alpha value is -2.62. The zero-order chi connectivity index (χ0) is 15.7. The molecular formula is C18H20N4. The number of hydrogen-bond donors (Lipinski definition) is 1. The van der Waals surface area contributed by atoms with Crippen molar-refractivity contribution in [3.63, 3.8) is 0 Å². The van der Waals surface area contributed by atoms with E-state index < -0.39 is 0 Å². The average molecular weight is 292 g/mol. The standard InChI is InChI=1S/C18H20N4/c1-18(2,3)14-11-9-13(10-12-14)16-17(19)22(21-20-16)15-7-5-4-6-8-15/h4-12H,19H2,1-3H3. The second-order valence-corrected chi connectivity index (χ2v) is 6.40. The average Bonchev–Trinajstić information content (AvgIpc) is 2.89. The summed E-state index contributed by atoms with van der Waals surface area (Å²) in [5, 5.41) is 8.42. The van der Waals surface area contributed by atoms with Crippen molar-refractivity contribution >= 4 is 5.82 Å². The molecule has 0 atom stereocenters. The van der Waals surface area contributed by atoms with Gasteiger partial charge < -0.3 is 5.73 Å². The van der Waals surface area contributed by atoms with E-state index in [1.807, 2.05) is 30.3 Å². The topological polar surface area (TPSA) is 56.7 Å². The van der Waals surface area contributed by atoms with E-state index in [4.69, 9.17) is 5.73 Å². The molecule has 0 radical (unpaired) electrons. The highest BCUT2D eigenvalue weighted by atomic mass is 15.5. The summed E-state index contributed by atoms with van der Waals surface area (Å²) in [4.78, 5) is 0. The molecule has 0 spiro atoms. The fourth-order valence-corrected chi connectivity index (χ4v) is 2.38. The van der Waals surface area contributed by atoms with Crippen molar-refractivity contribution in [1.29, 1.82) is 0 Å². The minimum atomic E-state index is 0.131. The molecule has 0 amide bonds. The van der Waals surface area contributed by atoms with Gasteiger partial charge in [-0.05, 0) is 23.1 Å². The summed E-state index contributed by atoms with van der Waals surface area (Å²) in [5.41, 5.74) is 10.2. The summed E-state index contributed by atoms with van der Waals surface area (Å²) >= 11 is 0. The van der Waals surface area contributed by atoms with Crippen molar-refractivity contribution in [1.82, 2.24) is 15.0 Å². The Balaban J connectivity index is 1.98. The number of rotatable bonds is 2. The minimum Gasteiger partial charge on any atom is -0.382 e. The Labute approximate surface area is 130 Å². The molecule has 0 bridgehead atoms. The lowest BCUT2D eigenvalue weighted by Crippen LogP contribution is -2.10. The zero-order valence-electron chi connectivity index (χ0n) is 13.1. The molecule has 0 aliphatic heterocycles. The van der Waals surface area contributed by atoms with Crippen LogP contribution in [0.5, 0.6) is 0 Å². The molecule has 4 nitrogen and oxygen atoms in total. The van der Waals surface area contributed by atoms with Crippen LogP contribution in [0.2, 0.25) is 0 Å². The first kappa shape index (κ1) is 14.3. The Bertz CT molecular complexity index is 765. The van der Waals surface area contributed by atoms with Crippen LogP contribution >= 0.6 is 0 Å². The van der Waals surface area contributed by atoms with E-state index in [-0.39, 0.29) is 5.41 Å². The molecule has 1 aromatic heterocycles. The summed E-state index contributed by atoms with van der Waals surface area (Å²) in [5.74, 6) is 0.551. The Kier molecular flexibility index (Phi) is 3.45. The van der Waals surface area contributed by atoms with Gasteiger partial charge in [0.05, 0.1) is 5.69 Å². The summed E-state index contributed by atoms with van der Waals surface area (Å²) in [6, 6.07) is 18.1. The number of para-hydroxylation sites is 1. The maximum absolute atomic E-state index is 6.23. The molecule has 2 aromatic carbocycles. The lowest BCUT2D eigenvalue weighted by Gasteiger charge is -2.18. The number of anilines is 1. The first-order valence-electron chi connectivity index (χ1n) is 7.34. The van der Waals surface area contributed by atoms with Crippen LogP contribution in [0.15, 0.2) is 54.6 Å². The first-order chi connectivity index (χ1) is 10.5. The predicted molar refractivity (Wildman–Crippen MR) is 89.9 cm³/mol. The molecule has 3 rings (SSSR count). The highest BCUT2D eigenvalue weighted by molar-refractivity contribution is 5.71. The van der Waals surface area contributed by atoms with Gasteiger partial charge in [0.15, 0.2) is 5.82 Å². The van der Waals surface area contributed by atoms with Crippen LogP contribution < -0.4 is 5.73 Å². The summed E-state index contributed by atoms with van der Waals surface area (Å²) in [6.45, 7) is 6.59. The van der Waals surface area contributed by atoms with E-state index in [1.165, 1.54) is 5.56 Å². The highest BCUT2D eigenvalue weighted by Gasteiger charge is 2.16. The first-order valence-corrected chi connectivity index (χ1v) is 7.34. The van der Waals surface area contributed by atoms with Gasteiger partial charge in [-0.2, -0.15) is 4.68 Å². The fourth-order valence-electron chi connectivity index (χ4n) is 2.38. The van der Waals surface area contributed by atoms with Crippen LogP contribution in [0.3, 0.4) is 0 Å².